The number of aromatic nitrogens is 1. The van der Waals surface area contributed by atoms with E-state index >= 15 is 0 Å². The molecule has 0 unspecified atom stereocenters. The van der Waals surface area contributed by atoms with Crippen LogP contribution in [0.2, 0.25) is 0 Å². The number of thiophene rings is 1. The van der Waals surface area contributed by atoms with Crippen LogP contribution in [0.5, 0.6) is 0 Å². The average Bonchev–Trinajstić information content (AvgIpc) is 2.61. The highest BCUT2D eigenvalue weighted by molar-refractivity contribution is 7.13. The third-order valence-corrected chi connectivity index (χ3v) is 2.79. The molecular formula is C10H9NOS. The van der Waals surface area contributed by atoms with E-state index in [9.17, 15) is 4.79 Å². The number of pyridine rings is 1. The van der Waals surface area contributed by atoms with Crippen LogP contribution in [0.15, 0.2) is 40.6 Å². The van der Waals surface area contributed by atoms with Gasteiger partial charge in [-0.25, -0.2) is 0 Å². The predicted molar refractivity (Wildman–Crippen MR) is 55.0 cm³/mol. The maximum absolute atomic E-state index is 11.1. The largest absolute Gasteiger partial charge is 0.350 e. The Hall–Kier alpha value is -1.35. The van der Waals surface area contributed by atoms with Crippen LogP contribution in [-0.4, -0.2) is 4.57 Å². The zero-order valence-corrected chi connectivity index (χ0v) is 8.04. The smallest absolute Gasteiger partial charge is 0.182 e. The highest BCUT2D eigenvalue weighted by atomic mass is 32.1. The summed E-state index contributed by atoms with van der Waals surface area (Å²) in [6, 6.07) is 7.22. The van der Waals surface area contributed by atoms with Gasteiger partial charge in [-0.1, -0.05) is 6.07 Å². The molecule has 0 N–H and O–H groups in total. The second-order valence-corrected chi connectivity index (χ2v) is 3.78. The van der Waals surface area contributed by atoms with Crippen LogP contribution in [0, 0.1) is 0 Å². The fourth-order valence-electron chi connectivity index (χ4n) is 1.22. The highest BCUT2D eigenvalue weighted by Gasteiger charge is 2.01. The van der Waals surface area contributed by atoms with Crippen LogP contribution in [-0.2, 0) is 7.05 Å². The first-order valence-electron chi connectivity index (χ1n) is 3.98. The van der Waals surface area contributed by atoms with Gasteiger partial charge in [0, 0.05) is 25.4 Å². The lowest BCUT2D eigenvalue weighted by molar-refractivity contribution is 0.913. The van der Waals surface area contributed by atoms with Gasteiger partial charge in [0.15, 0.2) is 5.43 Å². The van der Waals surface area contributed by atoms with Gasteiger partial charge in [0.05, 0.1) is 10.6 Å². The maximum atomic E-state index is 11.1. The molecule has 2 rings (SSSR count). The molecule has 0 aliphatic carbocycles. The zero-order valence-electron chi connectivity index (χ0n) is 7.23. The summed E-state index contributed by atoms with van der Waals surface area (Å²) in [4.78, 5) is 12.3. The van der Waals surface area contributed by atoms with Crippen LogP contribution >= 0.6 is 11.3 Å². The minimum atomic E-state index is 0.0569. The van der Waals surface area contributed by atoms with Crippen molar-refractivity contribution in [1.29, 1.82) is 0 Å². The Morgan fingerprint density at radius 3 is 2.92 bits per heavy atom. The van der Waals surface area contributed by atoms with Crippen LogP contribution in [0.3, 0.4) is 0 Å². The van der Waals surface area contributed by atoms with E-state index in [2.05, 4.69) is 0 Å². The van der Waals surface area contributed by atoms with Crippen LogP contribution in [0.4, 0.5) is 0 Å². The average molecular weight is 191 g/mol. The number of aryl methyl sites for hydroxylation is 1. The molecule has 3 heteroatoms. The first kappa shape index (κ1) is 8.26. The Balaban J connectivity index is 2.64. The van der Waals surface area contributed by atoms with E-state index in [0.717, 1.165) is 10.6 Å². The molecule has 0 aromatic carbocycles. The number of nitrogens with zero attached hydrogens (tertiary/aromatic N) is 1. The Kier molecular flexibility index (Phi) is 2.02. The Bertz CT molecular complexity index is 456. The third kappa shape index (κ3) is 1.55. The second kappa shape index (κ2) is 3.18. The normalized spacial score (nSPS) is 10.2. The lowest BCUT2D eigenvalue weighted by atomic mass is 10.3. The van der Waals surface area contributed by atoms with Crippen LogP contribution in [0.1, 0.15) is 0 Å². The molecular weight excluding hydrogens is 182 g/mol. The Morgan fingerprint density at radius 1 is 1.38 bits per heavy atom. The molecule has 0 spiro atoms. The van der Waals surface area contributed by atoms with Crippen molar-refractivity contribution in [3.8, 4) is 10.6 Å². The zero-order chi connectivity index (χ0) is 9.26. The molecule has 2 aromatic heterocycles. The third-order valence-electron chi connectivity index (χ3n) is 1.90. The van der Waals surface area contributed by atoms with Crippen molar-refractivity contribution in [3.63, 3.8) is 0 Å². The Labute approximate surface area is 80.1 Å². The van der Waals surface area contributed by atoms with E-state index in [-0.39, 0.29) is 5.43 Å². The molecule has 0 fully saturated rings. The molecule has 0 aliphatic heterocycles. The van der Waals surface area contributed by atoms with Crippen molar-refractivity contribution in [3.05, 3.63) is 46.1 Å². The molecule has 66 valence electrons. The lowest BCUT2D eigenvalue weighted by Crippen LogP contribution is -2.03. The number of hydrogen-bond acceptors (Lipinski definition) is 2. The SMILES string of the molecule is Cn1ccc(=O)cc1-c1cccs1. The topological polar surface area (TPSA) is 22.0 Å². The van der Waals surface area contributed by atoms with Crippen molar-refractivity contribution >= 4 is 11.3 Å². The van der Waals surface area contributed by atoms with E-state index in [1.165, 1.54) is 0 Å². The second-order valence-electron chi connectivity index (χ2n) is 2.84. The molecule has 0 amide bonds. The lowest BCUT2D eigenvalue weighted by Gasteiger charge is -2.04. The summed E-state index contributed by atoms with van der Waals surface area (Å²) in [5.41, 5.74) is 1.03. The van der Waals surface area contributed by atoms with E-state index < -0.39 is 0 Å². The summed E-state index contributed by atoms with van der Waals surface area (Å²) in [5.74, 6) is 0. The van der Waals surface area contributed by atoms with Gasteiger partial charge < -0.3 is 4.57 Å². The van der Waals surface area contributed by atoms with Crippen LogP contribution in [0.25, 0.3) is 10.6 Å². The van der Waals surface area contributed by atoms with Gasteiger partial charge in [-0.15, -0.1) is 11.3 Å². The van der Waals surface area contributed by atoms with Crippen molar-refractivity contribution in [2.45, 2.75) is 0 Å². The monoisotopic (exact) mass is 191 g/mol. The van der Waals surface area contributed by atoms with Crippen molar-refractivity contribution in [2.75, 3.05) is 0 Å². The van der Waals surface area contributed by atoms with Crippen molar-refractivity contribution < 1.29 is 0 Å². The van der Waals surface area contributed by atoms with E-state index in [4.69, 9.17) is 0 Å². The van der Waals surface area contributed by atoms with E-state index in [0.29, 0.717) is 0 Å². The highest BCUT2D eigenvalue weighted by Crippen LogP contribution is 2.22. The summed E-state index contributed by atoms with van der Waals surface area (Å²) in [6.45, 7) is 0. The molecule has 0 atom stereocenters. The van der Waals surface area contributed by atoms with E-state index in [1.54, 1.807) is 29.7 Å². The minimum absolute atomic E-state index is 0.0569. The fraction of sp³-hybridized carbons (Fsp3) is 0.100. The van der Waals surface area contributed by atoms with Gasteiger partial charge in [0.1, 0.15) is 0 Å². The quantitative estimate of drug-likeness (QED) is 0.676. The molecule has 0 saturated heterocycles. The van der Waals surface area contributed by atoms with Gasteiger partial charge in [0.25, 0.3) is 0 Å². The van der Waals surface area contributed by atoms with E-state index in [1.807, 2.05) is 29.1 Å². The van der Waals surface area contributed by atoms with Gasteiger partial charge in [-0.3, -0.25) is 4.79 Å². The molecule has 0 bridgehead atoms. The van der Waals surface area contributed by atoms with Crippen molar-refractivity contribution in [1.82, 2.24) is 4.57 Å². The molecule has 0 radical (unpaired) electrons. The molecule has 13 heavy (non-hydrogen) atoms. The molecule has 2 aromatic rings. The van der Waals surface area contributed by atoms with Gasteiger partial charge >= 0.3 is 0 Å². The first-order valence-corrected chi connectivity index (χ1v) is 4.86. The number of rotatable bonds is 1. The standard InChI is InChI=1S/C10H9NOS/c1-11-5-4-8(12)7-9(11)10-3-2-6-13-10/h2-7H,1H3. The van der Waals surface area contributed by atoms with Gasteiger partial charge in [-0.2, -0.15) is 0 Å². The fourth-order valence-corrected chi connectivity index (χ4v) is 2.00. The molecule has 2 heterocycles. The summed E-state index contributed by atoms with van der Waals surface area (Å²) >= 11 is 1.64. The molecule has 0 saturated carbocycles. The van der Waals surface area contributed by atoms with Gasteiger partial charge in [-0.05, 0) is 11.4 Å². The number of hydrogen-bond donors (Lipinski definition) is 0. The minimum Gasteiger partial charge on any atom is -0.350 e. The van der Waals surface area contributed by atoms with Crippen molar-refractivity contribution in [2.24, 2.45) is 7.05 Å². The molecule has 0 aliphatic rings. The maximum Gasteiger partial charge on any atom is 0.182 e. The molecule has 2 nitrogen and oxygen atoms in total. The Morgan fingerprint density at radius 2 is 2.23 bits per heavy atom. The summed E-state index contributed by atoms with van der Waals surface area (Å²) in [6.07, 6.45) is 1.79. The van der Waals surface area contributed by atoms with Crippen LogP contribution < -0.4 is 5.43 Å². The summed E-state index contributed by atoms with van der Waals surface area (Å²) in [5, 5.41) is 2.01. The summed E-state index contributed by atoms with van der Waals surface area (Å²) in [7, 11) is 1.94. The summed E-state index contributed by atoms with van der Waals surface area (Å²) < 4.78 is 1.95. The predicted octanol–water partition coefficient (Wildman–Crippen LogP) is 2.11. The van der Waals surface area contributed by atoms with Gasteiger partial charge in [0.2, 0.25) is 0 Å². The first-order chi connectivity index (χ1) is 6.27.